The fraction of sp³-hybridized carbons (Fsp3) is 0.160. The predicted octanol–water partition coefficient (Wildman–Crippen LogP) is 4.22. The van der Waals surface area contributed by atoms with E-state index in [1.54, 1.807) is 24.6 Å². The van der Waals surface area contributed by atoms with Crippen LogP contribution in [0.25, 0.3) is 38.9 Å². The molecule has 0 radical (unpaired) electrons. The van der Waals surface area contributed by atoms with E-state index in [4.69, 9.17) is 4.42 Å². The maximum atomic E-state index is 12.9. The molecule has 0 aliphatic heterocycles. The van der Waals surface area contributed by atoms with Crippen molar-refractivity contribution in [3.63, 3.8) is 0 Å². The van der Waals surface area contributed by atoms with Crippen molar-refractivity contribution in [1.29, 1.82) is 0 Å². The third-order valence-electron chi connectivity index (χ3n) is 5.78. The second-order valence-corrected chi connectivity index (χ2v) is 10.3. The Bertz CT molecular complexity index is 1660. The zero-order valence-corrected chi connectivity index (χ0v) is 19.7. The molecule has 10 heteroatoms. The second kappa shape index (κ2) is 8.64. The quantitative estimate of drug-likeness (QED) is 0.350. The second-order valence-electron chi connectivity index (χ2n) is 8.54. The zero-order chi connectivity index (χ0) is 24.7. The number of fused-ring (bicyclic) bond motifs is 3. The van der Waals surface area contributed by atoms with Gasteiger partial charge in [-0.2, -0.15) is 4.72 Å². The zero-order valence-electron chi connectivity index (χ0n) is 18.9. The topological polar surface area (TPSA) is 127 Å². The number of nitrogens with one attached hydrogen (secondary N) is 1. The molecule has 2 N–H and O–H groups in total. The number of furan rings is 1. The summed E-state index contributed by atoms with van der Waals surface area (Å²) in [5.41, 5.74) is 3.50. The SMILES string of the molecule is CC(C)[C@@H](NS(=O)(=O)c1ccc2oc3cc(-n4cc(-c5ccccc5)nn4)ccc3c2c1)C(=O)O. The lowest BCUT2D eigenvalue weighted by Crippen LogP contribution is -2.44. The van der Waals surface area contributed by atoms with Crippen LogP contribution in [0.3, 0.4) is 0 Å². The molecule has 0 bridgehead atoms. The number of rotatable bonds is 7. The van der Waals surface area contributed by atoms with Crippen LogP contribution in [0.4, 0.5) is 0 Å². The summed E-state index contributed by atoms with van der Waals surface area (Å²) in [4.78, 5) is 11.4. The van der Waals surface area contributed by atoms with E-state index < -0.39 is 28.0 Å². The molecule has 5 aromatic rings. The number of benzene rings is 3. The Balaban J connectivity index is 1.50. The van der Waals surface area contributed by atoms with Gasteiger partial charge < -0.3 is 9.52 Å². The van der Waals surface area contributed by atoms with Gasteiger partial charge in [-0.1, -0.05) is 49.4 Å². The number of carboxylic acids is 1. The van der Waals surface area contributed by atoms with Gasteiger partial charge in [0, 0.05) is 22.4 Å². The van der Waals surface area contributed by atoms with Gasteiger partial charge in [-0.25, -0.2) is 13.1 Å². The summed E-state index contributed by atoms with van der Waals surface area (Å²) >= 11 is 0. The molecule has 9 nitrogen and oxygen atoms in total. The van der Waals surface area contributed by atoms with Crippen molar-refractivity contribution in [2.75, 3.05) is 0 Å². The van der Waals surface area contributed by atoms with E-state index in [9.17, 15) is 18.3 Å². The van der Waals surface area contributed by atoms with E-state index in [2.05, 4.69) is 15.0 Å². The van der Waals surface area contributed by atoms with E-state index in [0.717, 1.165) is 22.3 Å². The van der Waals surface area contributed by atoms with Crippen LogP contribution in [0.15, 0.2) is 82.2 Å². The minimum atomic E-state index is -4.06. The highest BCUT2D eigenvalue weighted by atomic mass is 32.2. The van der Waals surface area contributed by atoms with Gasteiger partial charge in [0.15, 0.2) is 0 Å². The summed E-state index contributed by atoms with van der Waals surface area (Å²) in [6.45, 7) is 3.28. The molecule has 0 saturated carbocycles. The Hall–Kier alpha value is -4.02. The van der Waals surface area contributed by atoms with Crippen molar-refractivity contribution in [3.8, 4) is 16.9 Å². The highest BCUT2D eigenvalue weighted by Crippen LogP contribution is 2.32. The van der Waals surface area contributed by atoms with Gasteiger partial charge in [0.25, 0.3) is 0 Å². The highest BCUT2D eigenvalue weighted by molar-refractivity contribution is 7.89. The summed E-state index contributed by atoms with van der Waals surface area (Å²) in [5.74, 6) is -1.65. The molecular weight excluding hydrogens is 468 g/mol. The molecule has 0 spiro atoms. The first-order valence-electron chi connectivity index (χ1n) is 10.9. The molecule has 35 heavy (non-hydrogen) atoms. The number of sulfonamides is 1. The van der Waals surface area contributed by atoms with Gasteiger partial charge in [-0.05, 0) is 36.2 Å². The fourth-order valence-corrected chi connectivity index (χ4v) is 5.26. The van der Waals surface area contributed by atoms with Crippen LogP contribution in [0.2, 0.25) is 0 Å². The smallest absolute Gasteiger partial charge is 0.322 e. The average Bonchev–Trinajstić information content (AvgIpc) is 3.47. The number of hydrogen-bond donors (Lipinski definition) is 2. The summed E-state index contributed by atoms with van der Waals surface area (Å²) in [6.07, 6.45) is 1.82. The number of hydrogen-bond acceptors (Lipinski definition) is 6. The molecule has 0 unspecified atom stereocenters. The first-order valence-corrected chi connectivity index (χ1v) is 12.4. The Kier molecular flexibility index (Phi) is 5.62. The lowest BCUT2D eigenvalue weighted by molar-refractivity contribution is -0.140. The number of aliphatic carboxylic acids is 1. The van der Waals surface area contributed by atoms with E-state index >= 15 is 0 Å². The maximum absolute atomic E-state index is 12.9. The number of nitrogens with zero attached hydrogens (tertiary/aromatic N) is 3. The van der Waals surface area contributed by atoms with Crippen LogP contribution in [0.1, 0.15) is 13.8 Å². The summed E-state index contributed by atoms with van der Waals surface area (Å²) in [7, 11) is -4.06. The van der Waals surface area contributed by atoms with Gasteiger partial charge in [0.05, 0.1) is 16.8 Å². The minimum Gasteiger partial charge on any atom is -0.480 e. The largest absolute Gasteiger partial charge is 0.480 e. The summed E-state index contributed by atoms with van der Waals surface area (Å²) in [6, 6.07) is 18.4. The van der Waals surface area contributed by atoms with Crippen molar-refractivity contribution < 1.29 is 22.7 Å². The van der Waals surface area contributed by atoms with Gasteiger partial charge in [0.2, 0.25) is 10.0 Å². The Labute approximate surface area is 201 Å². The van der Waals surface area contributed by atoms with E-state index in [1.807, 2.05) is 54.7 Å². The lowest BCUT2D eigenvalue weighted by Gasteiger charge is -2.17. The van der Waals surface area contributed by atoms with E-state index in [-0.39, 0.29) is 4.90 Å². The van der Waals surface area contributed by atoms with Crippen molar-refractivity contribution in [2.24, 2.45) is 5.92 Å². The van der Waals surface area contributed by atoms with Crippen LogP contribution in [0, 0.1) is 5.92 Å². The van der Waals surface area contributed by atoms with E-state index in [0.29, 0.717) is 16.6 Å². The molecule has 5 rings (SSSR count). The van der Waals surface area contributed by atoms with Crippen LogP contribution in [0.5, 0.6) is 0 Å². The van der Waals surface area contributed by atoms with Crippen LogP contribution in [-0.4, -0.2) is 40.5 Å². The third-order valence-corrected chi connectivity index (χ3v) is 7.22. The van der Waals surface area contributed by atoms with Crippen molar-refractivity contribution >= 4 is 37.9 Å². The first-order chi connectivity index (χ1) is 16.7. The molecule has 2 heterocycles. The van der Waals surface area contributed by atoms with Crippen LogP contribution >= 0.6 is 0 Å². The molecule has 0 saturated heterocycles. The van der Waals surface area contributed by atoms with E-state index in [1.165, 1.54) is 12.1 Å². The average molecular weight is 491 g/mol. The summed E-state index contributed by atoms with van der Waals surface area (Å²) in [5, 5.41) is 19.2. The lowest BCUT2D eigenvalue weighted by atomic mass is 10.1. The molecular formula is C25H22N4O5S. The Morgan fingerprint density at radius 2 is 1.77 bits per heavy atom. The Morgan fingerprint density at radius 1 is 1.00 bits per heavy atom. The molecule has 1 atom stereocenters. The third kappa shape index (κ3) is 4.29. The monoisotopic (exact) mass is 490 g/mol. The fourth-order valence-electron chi connectivity index (χ4n) is 3.89. The number of aromatic nitrogens is 3. The molecule has 2 aromatic heterocycles. The van der Waals surface area contributed by atoms with Gasteiger partial charge >= 0.3 is 5.97 Å². The van der Waals surface area contributed by atoms with Crippen molar-refractivity contribution in [2.45, 2.75) is 24.8 Å². The molecule has 178 valence electrons. The normalized spacial score (nSPS) is 13.0. The van der Waals surface area contributed by atoms with Crippen LogP contribution < -0.4 is 4.72 Å². The molecule has 0 amide bonds. The van der Waals surface area contributed by atoms with Crippen molar-refractivity contribution in [1.82, 2.24) is 19.7 Å². The van der Waals surface area contributed by atoms with Gasteiger partial charge in [-0.15, -0.1) is 5.10 Å². The van der Waals surface area contributed by atoms with Gasteiger partial charge in [0.1, 0.15) is 22.9 Å². The molecule has 0 aliphatic carbocycles. The maximum Gasteiger partial charge on any atom is 0.322 e. The summed E-state index contributed by atoms with van der Waals surface area (Å²) < 4.78 is 35.7. The highest BCUT2D eigenvalue weighted by Gasteiger charge is 2.28. The molecule has 3 aromatic carbocycles. The molecule has 0 fully saturated rings. The van der Waals surface area contributed by atoms with Crippen LogP contribution in [-0.2, 0) is 14.8 Å². The predicted molar refractivity (Wildman–Crippen MR) is 131 cm³/mol. The van der Waals surface area contributed by atoms with Crippen molar-refractivity contribution in [3.05, 3.63) is 72.9 Å². The first kappa shape index (κ1) is 22.8. The number of carbonyl (C=O) groups is 1. The minimum absolute atomic E-state index is 0.0348. The Morgan fingerprint density at radius 3 is 2.49 bits per heavy atom. The number of carboxylic acid groups (broad SMARTS) is 1. The van der Waals surface area contributed by atoms with Gasteiger partial charge in [-0.3, -0.25) is 4.79 Å². The standard InChI is InChI=1S/C25H22N4O5S/c1-15(2)24(25(30)31)27-35(32,33)18-9-11-22-20(13-18)19-10-8-17(12-23(19)34-22)29-14-21(26-28-29)16-6-4-3-5-7-16/h3-15,24,27H,1-2H3,(H,30,31)/t24-/m1/s1. The molecule has 0 aliphatic rings.